The highest BCUT2D eigenvalue weighted by atomic mass is 19.1. The smallest absolute Gasteiger partial charge is 0.337 e. The SMILES string of the molecule is CCOC(=O)CC#Cc1ccc(C(=O)OC)cc1F. The van der Waals surface area contributed by atoms with Crippen molar-refractivity contribution in [2.45, 2.75) is 13.3 Å². The van der Waals surface area contributed by atoms with E-state index in [1.54, 1.807) is 6.92 Å². The van der Waals surface area contributed by atoms with Crippen LogP contribution in [0.25, 0.3) is 0 Å². The molecule has 1 rings (SSSR count). The van der Waals surface area contributed by atoms with Crippen LogP contribution in [0.2, 0.25) is 0 Å². The van der Waals surface area contributed by atoms with Gasteiger partial charge in [0, 0.05) is 0 Å². The van der Waals surface area contributed by atoms with Crippen molar-refractivity contribution < 1.29 is 23.5 Å². The molecule has 0 amide bonds. The molecule has 0 bridgehead atoms. The first kappa shape index (κ1) is 14.7. The molecule has 0 aliphatic rings. The van der Waals surface area contributed by atoms with E-state index in [0.29, 0.717) is 0 Å². The summed E-state index contributed by atoms with van der Waals surface area (Å²) in [4.78, 5) is 22.2. The van der Waals surface area contributed by atoms with Crippen LogP contribution in [0.3, 0.4) is 0 Å². The molecule has 0 fully saturated rings. The number of esters is 2. The van der Waals surface area contributed by atoms with Gasteiger partial charge in [-0.1, -0.05) is 11.8 Å². The fourth-order valence-electron chi connectivity index (χ4n) is 1.28. The van der Waals surface area contributed by atoms with E-state index >= 15 is 0 Å². The van der Waals surface area contributed by atoms with Crippen LogP contribution < -0.4 is 0 Å². The van der Waals surface area contributed by atoms with Gasteiger partial charge in [-0.25, -0.2) is 9.18 Å². The fraction of sp³-hybridized carbons (Fsp3) is 0.286. The quantitative estimate of drug-likeness (QED) is 0.618. The second-order valence-electron chi connectivity index (χ2n) is 3.47. The Labute approximate surface area is 110 Å². The van der Waals surface area contributed by atoms with Crippen molar-refractivity contribution in [3.05, 3.63) is 35.1 Å². The molecule has 0 N–H and O–H groups in total. The van der Waals surface area contributed by atoms with Crippen LogP contribution in [0, 0.1) is 17.7 Å². The number of carbonyl (C=O) groups is 2. The predicted molar refractivity (Wildman–Crippen MR) is 65.9 cm³/mol. The highest BCUT2D eigenvalue weighted by Gasteiger charge is 2.08. The van der Waals surface area contributed by atoms with E-state index in [4.69, 9.17) is 0 Å². The van der Waals surface area contributed by atoms with Crippen molar-refractivity contribution in [1.29, 1.82) is 0 Å². The Hall–Kier alpha value is -2.35. The second-order valence-corrected chi connectivity index (χ2v) is 3.47. The molecule has 19 heavy (non-hydrogen) atoms. The number of rotatable bonds is 3. The minimum absolute atomic E-state index is 0.105. The summed E-state index contributed by atoms with van der Waals surface area (Å²) in [6, 6.07) is 3.81. The molecular weight excluding hydrogens is 251 g/mol. The number of benzene rings is 1. The molecule has 0 aliphatic carbocycles. The summed E-state index contributed by atoms with van der Waals surface area (Å²) >= 11 is 0. The molecule has 0 aliphatic heterocycles. The lowest BCUT2D eigenvalue weighted by molar-refractivity contribution is -0.141. The van der Waals surface area contributed by atoms with Crippen LogP contribution in [0.4, 0.5) is 4.39 Å². The third kappa shape index (κ3) is 4.43. The molecule has 0 heterocycles. The van der Waals surface area contributed by atoms with Gasteiger partial charge < -0.3 is 9.47 Å². The van der Waals surface area contributed by atoms with Crippen LogP contribution in [-0.2, 0) is 14.3 Å². The maximum absolute atomic E-state index is 13.6. The first-order valence-corrected chi connectivity index (χ1v) is 5.60. The van der Waals surface area contributed by atoms with E-state index < -0.39 is 17.8 Å². The lowest BCUT2D eigenvalue weighted by Crippen LogP contribution is -2.02. The van der Waals surface area contributed by atoms with E-state index in [1.165, 1.54) is 19.2 Å². The number of halogens is 1. The van der Waals surface area contributed by atoms with Gasteiger partial charge >= 0.3 is 11.9 Å². The summed E-state index contributed by atoms with van der Waals surface area (Å²) in [5, 5.41) is 0. The van der Waals surface area contributed by atoms with Gasteiger partial charge in [0.1, 0.15) is 12.2 Å². The van der Waals surface area contributed by atoms with Crippen molar-refractivity contribution in [2.75, 3.05) is 13.7 Å². The van der Waals surface area contributed by atoms with Gasteiger partial charge in [0.05, 0.1) is 24.8 Å². The van der Waals surface area contributed by atoms with Crippen LogP contribution in [0.1, 0.15) is 29.3 Å². The third-order valence-corrected chi connectivity index (χ3v) is 2.15. The van der Waals surface area contributed by atoms with Crippen LogP contribution >= 0.6 is 0 Å². The maximum atomic E-state index is 13.6. The van der Waals surface area contributed by atoms with Crippen molar-refractivity contribution >= 4 is 11.9 Å². The zero-order valence-corrected chi connectivity index (χ0v) is 10.7. The fourth-order valence-corrected chi connectivity index (χ4v) is 1.28. The molecular formula is C14H13FO4. The maximum Gasteiger partial charge on any atom is 0.337 e. The van der Waals surface area contributed by atoms with Crippen molar-refractivity contribution in [2.24, 2.45) is 0 Å². The second kappa shape index (κ2) is 7.17. The Balaban J connectivity index is 2.78. The van der Waals surface area contributed by atoms with Gasteiger partial charge in [0.15, 0.2) is 0 Å². The Morgan fingerprint density at radius 3 is 2.68 bits per heavy atom. The van der Waals surface area contributed by atoms with Crippen LogP contribution in [0.15, 0.2) is 18.2 Å². The summed E-state index contributed by atoms with van der Waals surface area (Å²) in [5.41, 5.74) is 0.216. The highest BCUT2D eigenvalue weighted by Crippen LogP contribution is 2.10. The van der Waals surface area contributed by atoms with Gasteiger partial charge in [-0.15, -0.1) is 0 Å². The lowest BCUT2D eigenvalue weighted by Gasteiger charge is -2.00. The number of hydrogen-bond acceptors (Lipinski definition) is 4. The van der Waals surface area contributed by atoms with Crippen LogP contribution in [-0.4, -0.2) is 25.7 Å². The molecule has 0 unspecified atom stereocenters. The summed E-state index contributed by atoms with van der Waals surface area (Å²) in [7, 11) is 1.22. The van der Waals surface area contributed by atoms with E-state index in [1.807, 2.05) is 0 Å². The molecule has 0 spiro atoms. The molecule has 0 saturated carbocycles. The average Bonchev–Trinajstić information content (AvgIpc) is 2.40. The van der Waals surface area contributed by atoms with E-state index in [-0.39, 0.29) is 24.2 Å². The summed E-state index contributed by atoms with van der Waals surface area (Å²) in [6.07, 6.45) is -0.105. The first-order chi connectivity index (χ1) is 9.08. The predicted octanol–water partition coefficient (Wildman–Crippen LogP) is 1.92. The Morgan fingerprint density at radius 2 is 2.11 bits per heavy atom. The molecule has 0 aromatic heterocycles. The Bertz CT molecular complexity index is 540. The minimum atomic E-state index is -0.640. The Morgan fingerprint density at radius 1 is 1.37 bits per heavy atom. The summed E-state index contributed by atoms with van der Waals surface area (Å²) < 4.78 is 22.7. The van der Waals surface area contributed by atoms with Crippen molar-refractivity contribution in [1.82, 2.24) is 0 Å². The van der Waals surface area contributed by atoms with Gasteiger partial charge in [-0.2, -0.15) is 0 Å². The average molecular weight is 264 g/mol. The van der Waals surface area contributed by atoms with Crippen molar-refractivity contribution in [3.63, 3.8) is 0 Å². The molecule has 0 atom stereocenters. The zero-order chi connectivity index (χ0) is 14.3. The molecule has 1 aromatic carbocycles. The van der Waals surface area contributed by atoms with Gasteiger partial charge in [-0.05, 0) is 25.1 Å². The number of hydrogen-bond donors (Lipinski definition) is 0. The standard InChI is InChI=1S/C14H13FO4/c1-3-19-13(16)6-4-5-10-7-8-11(9-12(10)15)14(17)18-2/h7-9H,3,6H2,1-2H3. The van der Waals surface area contributed by atoms with Crippen LogP contribution in [0.5, 0.6) is 0 Å². The monoisotopic (exact) mass is 264 g/mol. The van der Waals surface area contributed by atoms with E-state index in [2.05, 4.69) is 21.3 Å². The summed E-state index contributed by atoms with van der Waals surface area (Å²) in [6.45, 7) is 1.97. The molecule has 0 radical (unpaired) electrons. The van der Waals surface area contributed by atoms with E-state index in [0.717, 1.165) is 6.07 Å². The third-order valence-electron chi connectivity index (χ3n) is 2.15. The zero-order valence-electron chi connectivity index (χ0n) is 10.7. The summed E-state index contributed by atoms with van der Waals surface area (Å²) in [5.74, 6) is 3.30. The first-order valence-electron chi connectivity index (χ1n) is 5.60. The van der Waals surface area contributed by atoms with Gasteiger partial charge in [0.2, 0.25) is 0 Å². The normalized spacial score (nSPS) is 9.21. The largest absolute Gasteiger partial charge is 0.465 e. The minimum Gasteiger partial charge on any atom is -0.465 e. The highest BCUT2D eigenvalue weighted by molar-refractivity contribution is 5.89. The molecule has 0 saturated heterocycles. The number of ether oxygens (including phenoxy) is 2. The number of carbonyl (C=O) groups excluding carboxylic acids is 2. The topological polar surface area (TPSA) is 52.6 Å². The van der Waals surface area contributed by atoms with Crippen molar-refractivity contribution in [3.8, 4) is 11.8 Å². The van der Waals surface area contributed by atoms with Gasteiger partial charge in [0.25, 0.3) is 0 Å². The lowest BCUT2D eigenvalue weighted by atomic mass is 10.1. The molecule has 1 aromatic rings. The molecule has 100 valence electrons. The Kier molecular flexibility index (Phi) is 5.55. The molecule has 5 heteroatoms. The van der Waals surface area contributed by atoms with Gasteiger partial charge in [-0.3, -0.25) is 4.79 Å². The number of methoxy groups -OCH3 is 1. The molecule has 4 nitrogen and oxygen atoms in total. The van der Waals surface area contributed by atoms with E-state index in [9.17, 15) is 14.0 Å².